The summed E-state index contributed by atoms with van der Waals surface area (Å²) in [4.78, 5) is 2.52. The number of hydrogen-bond acceptors (Lipinski definition) is 1. The summed E-state index contributed by atoms with van der Waals surface area (Å²) < 4.78 is 0. The van der Waals surface area contributed by atoms with Crippen molar-refractivity contribution in [1.82, 2.24) is 0 Å². The Morgan fingerprint density at radius 2 is 0.893 bits per heavy atom. The molecule has 3 aliphatic carbocycles. The molecule has 0 bridgehead atoms. The van der Waals surface area contributed by atoms with Crippen LogP contribution in [0.25, 0.3) is 33.4 Å². The smallest absolute Gasteiger partial charge is 0.0719 e. The van der Waals surface area contributed by atoms with Gasteiger partial charge in [0.1, 0.15) is 0 Å². The third kappa shape index (κ3) is 4.61. The lowest BCUT2D eigenvalue weighted by molar-refractivity contribution is 0.660. The quantitative estimate of drug-likeness (QED) is 0.175. The molecule has 8 aromatic rings. The zero-order valence-electron chi connectivity index (χ0n) is 32.2. The standard InChI is InChI=1S/C55H43N/c1-36-33-40(37-15-5-4-6-16-37)27-32-53(36)56(41-28-30-45-43-19-9-13-23-49(43)54(2,3)51(45)34-41)42-29-31-46-44-20-10-14-24-50(44)55(52(46)35-42)47-21-11-7-17-38(47)25-26-39-18-8-12-22-48(39)55/h4-24,27-35H,25-26H2,1-3H3. The maximum absolute atomic E-state index is 2.53. The second-order valence-corrected chi connectivity index (χ2v) is 16.4. The van der Waals surface area contributed by atoms with Crippen LogP contribution in [0.4, 0.5) is 17.1 Å². The van der Waals surface area contributed by atoms with Gasteiger partial charge < -0.3 is 4.90 Å². The van der Waals surface area contributed by atoms with Crippen LogP contribution in [0.3, 0.4) is 0 Å². The van der Waals surface area contributed by atoms with E-state index in [0.717, 1.165) is 12.8 Å². The molecule has 11 rings (SSSR count). The number of nitrogens with zero attached hydrogens (tertiary/aromatic N) is 1. The van der Waals surface area contributed by atoms with Crippen molar-refractivity contribution in [2.24, 2.45) is 0 Å². The van der Waals surface area contributed by atoms with Crippen molar-refractivity contribution in [3.05, 3.63) is 232 Å². The van der Waals surface area contributed by atoms with Gasteiger partial charge in [-0.05, 0) is 140 Å². The fourth-order valence-electron chi connectivity index (χ4n) is 10.6. The maximum atomic E-state index is 2.53. The molecule has 0 saturated heterocycles. The maximum Gasteiger partial charge on any atom is 0.0719 e. The van der Waals surface area contributed by atoms with E-state index in [1.165, 1.54) is 101 Å². The van der Waals surface area contributed by atoms with Crippen LogP contribution in [0, 0.1) is 6.92 Å². The highest BCUT2D eigenvalue weighted by Crippen LogP contribution is 2.60. The minimum Gasteiger partial charge on any atom is -0.310 e. The molecule has 0 amide bonds. The molecule has 0 fully saturated rings. The fourth-order valence-corrected chi connectivity index (χ4v) is 10.6. The monoisotopic (exact) mass is 717 g/mol. The predicted octanol–water partition coefficient (Wildman–Crippen LogP) is 13.9. The average molecular weight is 718 g/mol. The van der Waals surface area contributed by atoms with Gasteiger partial charge in [-0.25, -0.2) is 0 Å². The van der Waals surface area contributed by atoms with Gasteiger partial charge in [-0.3, -0.25) is 0 Å². The van der Waals surface area contributed by atoms with E-state index < -0.39 is 5.41 Å². The molecule has 0 aliphatic heterocycles. The van der Waals surface area contributed by atoms with E-state index in [1.54, 1.807) is 0 Å². The van der Waals surface area contributed by atoms with E-state index >= 15 is 0 Å². The molecule has 8 aromatic carbocycles. The van der Waals surface area contributed by atoms with Gasteiger partial charge in [0, 0.05) is 22.5 Å². The highest BCUT2D eigenvalue weighted by atomic mass is 15.1. The number of rotatable bonds is 4. The number of aryl methyl sites for hydroxylation is 3. The third-order valence-electron chi connectivity index (χ3n) is 13.2. The molecule has 0 heterocycles. The lowest BCUT2D eigenvalue weighted by Gasteiger charge is -2.36. The molecular formula is C55H43N. The second kappa shape index (κ2) is 12.3. The molecule has 0 saturated carbocycles. The van der Waals surface area contributed by atoms with Gasteiger partial charge in [0.05, 0.1) is 5.41 Å². The van der Waals surface area contributed by atoms with Gasteiger partial charge in [0.25, 0.3) is 0 Å². The first kappa shape index (κ1) is 32.9. The Morgan fingerprint density at radius 1 is 0.393 bits per heavy atom. The molecule has 1 heteroatoms. The molecule has 1 nitrogen and oxygen atoms in total. The van der Waals surface area contributed by atoms with Gasteiger partial charge in [-0.2, -0.15) is 0 Å². The molecule has 268 valence electrons. The number of fused-ring (bicyclic) bond motifs is 12. The van der Waals surface area contributed by atoms with Crippen LogP contribution in [-0.2, 0) is 23.7 Å². The van der Waals surface area contributed by atoms with Crippen LogP contribution >= 0.6 is 0 Å². The van der Waals surface area contributed by atoms with Gasteiger partial charge in [-0.15, -0.1) is 0 Å². The van der Waals surface area contributed by atoms with Crippen molar-refractivity contribution < 1.29 is 0 Å². The van der Waals surface area contributed by atoms with Crippen molar-refractivity contribution in [1.29, 1.82) is 0 Å². The summed E-state index contributed by atoms with van der Waals surface area (Å²) in [5, 5.41) is 0. The molecule has 0 atom stereocenters. The van der Waals surface area contributed by atoms with E-state index in [2.05, 4.69) is 208 Å². The van der Waals surface area contributed by atoms with E-state index in [0.29, 0.717) is 0 Å². The number of benzene rings is 8. The van der Waals surface area contributed by atoms with Crippen LogP contribution in [-0.4, -0.2) is 0 Å². The topological polar surface area (TPSA) is 3.24 Å². The van der Waals surface area contributed by atoms with Crippen molar-refractivity contribution in [3.63, 3.8) is 0 Å². The molecule has 1 spiro atoms. The molecule has 0 radical (unpaired) electrons. The zero-order valence-corrected chi connectivity index (χ0v) is 32.2. The first-order valence-electron chi connectivity index (χ1n) is 20.1. The minimum absolute atomic E-state index is 0.114. The zero-order chi connectivity index (χ0) is 37.6. The van der Waals surface area contributed by atoms with E-state index in [-0.39, 0.29) is 5.41 Å². The van der Waals surface area contributed by atoms with Gasteiger partial charge in [0.15, 0.2) is 0 Å². The van der Waals surface area contributed by atoms with Crippen molar-refractivity contribution in [3.8, 4) is 33.4 Å². The summed E-state index contributed by atoms with van der Waals surface area (Å²) in [5.41, 5.74) is 23.2. The fraction of sp³-hybridized carbons (Fsp3) is 0.127. The van der Waals surface area contributed by atoms with Crippen LogP contribution in [0.5, 0.6) is 0 Å². The summed E-state index contributed by atoms with van der Waals surface area (Å²) >= 11 is 0. The predicted molar refractivity (Wildman–Crippen MR) is 234 cm³/mol. The molecule has 0 N–H and O–H groups in total. The van der Waals surface area contributed by atoms with E-state index in [1.807, 2.05) is 0 Å². The average Bonchev–Trinajstić information content (AvgIpc) is 3.59. The Bertz CT molecular complexity index is 2810. The van der Waals surface area contributed by atoms with Crippen molar-refractivity contribution >= 4 is 17.1 Å². The summed E-state index contributed by atoms with van der Waals surface area (Å²) in [7, 11) is 0. The van der Waals surface area contributed by atoms with Crippen molar-refractivity contribution in [2.75, 3.05) is 4.90 Å². The highest BCUT2D eigenvalue weighted by Gasteiger charge is 2.49. The van der Waals surface area contributed by atoms with Crippen LogP contribution in [0.1, 0.15) is 63.9 Å². The first-order chi connectivity index (χ1) is 27.4. The van der Waals surface area contributed by atoms with E-state index in [4.69, 9.17) is 0 Å². The Balaban J connectivity index is 1.18. The number of hydrogen-bond donors (Lipinski definition) is 0. The Morgan fingerprint density at radius 3 is 1.54 bits per heavy atom. The molecule has 0 unspecified atom stereocenters. The van der Waals surface area contributed by atoms with Gasteiger partial charge in [-0.1, -0.05) is 159 Å². The van der Waals surface area contributed by atoms with Crippen molar-refractivity contribution in [2.45, 2.75) is 44.4 Å². The van der Waals surface area contributed by atoms with E-state index in [9.17, 15) is 0 Å². The minimum atomic E-state index is -0.439. The summed E-state index contributed by atoms with van der Waals surface area (Å²) in [5.74, 6) is 0. The lowest BCUT2D eigenvalue weighted by atomic mass is 9.66. The van der Waals surface area contributed by atoms with Gasteiger partial charge in [0.2, 0.25) is 0 Å². The van der Waals surface area contributed by atoms with Gasteiger partial charge >= 0.3 is 0 Å². The van der Waals surface area contributed by atoms with Crippen LogP contribution in [0.15, 0.2) is 182 Å². The summed E-state index contributed by atoms with van der Waals surface area (Å²) in [6.45, 7) is 7.02. The molecular weight excluding hydrogens is 675 g/mol. The summed E-state index contributed by atoms with van der Waals surface area (Å²) in [6.07, 6.45) is 2.05. The Hall–Kier alpha value is -6.44. The lowest BCUT2D eigenvalue weighted by Crippen LogP contribution is -2.30. The Kier molecular flexibility index (Phi) is 7.23. The normalized spacial score (nSPS) is 14.8. The molecule has 56 heavy (non-hydrogen) atoms. The SMILES string of the molecule is Cc1cc(-c2ccccc2)ccc1N(c1ccc2c(c1)C(C)(C)c1ccccc1-2)c1ccc2c(c1)C1(c3ccccc3CCc3ccccc31)c1ccccc1-2. The largest absolute Gasteiger partial charge is 0.310 e. The molecule has 0 aromatic heterocycles. The highest BCUT2D eigenvalue weighted by molar-refractivity contribution is 5.92. The van der Waals surface area contributed by atoms with Crippen LogP contribution < -0.4 is 4.90 Å². The Labute approximate surface area is 330 Å². The second-order valence-electron chi connectivity index (χ2n) is 16.4. The third-order valence-corrected chi connectivity index (χ3v) is 13.2. The summed E-state index contributed by atoms with van der Waals surface area (Å²) in [6, 6.07) is 68.7. The number of anilines is 3. The molecule has 3 aliphatic rings. The first-order valence-corrected chi connectivity index (χ1v) is 20.1. The van der Waals surface area contributed by atoms with Crippen LogP contribution in [0.2, 0.25) is 0 Å².